The normalized spacial score (nSPS) is 19.2. The van der Waals surface area contributed by atoms with Crippen LogP contribution in [-0.4, -0.2) is 12.8 Å². The largest absolute Gasteiger partial charge is 0.330 e. The van der Waals surface area contributed by atoms with Gasteiger partial charge in [0.15, 0.2) is 6.29 Å². The Kier molecular flexibility index (Phi) is 5.34. The van der Waals surface area contributed by atoms with E-state index in [1.54, 1.807) is 5.57 Å². The van der Waals surface area contributed by atoms with Crippen LogP contribution in [0.5, 0.6) is 0 Å². The quantitative estimate of drug-likeness (QED) is 0.878. The van der Waals surface area contributed by atoms with E-state index in [-0.39, 0.29) is 0 Å². The summed E-state index contributed by atoms with van der Waals surface area (Å²) in [7, 11) is 0. The molecular weight excluding hydrogens is 234 g/mol. The highest BCUT2D eigenvalue weighted by molar-refractivity contribution is 5.54. The van der Waals surface area contributed by atoms with E-state index in [1.807, 2.05) is 6.29 Å². The second-order valence-electron chi connectivity index (χ2n) is 5.37. The van der Waals surface area contributed by atoms with E-state index in [1.165, 1.54) is 36.8 Å². The molecule has 0 aliphatic heterocycles. The molecule has 2 nitrogen and oxygen atoms in total. The maximum Gasteiger partial charge on any atom is 0.198 e. The Hall–Kier alpha value is -1.41. The molecule has 1 aromatic rings. The minimum absolute atomic E-state index is 0.487. The minimum atomic E-state index is 0.487. The molecule has 0 saturated heterocycles. The van der Waals surface area contributed by atoms with Crippen molar-refractivity contribution in [1.82, 2.24) is 0 Å². The van der Waals surface area contributed by atoms with Gasteiger partial charge in [-0.15, -0.1) is 0 Å². The zero-order valence-corrected chi connectivity index (χ0v) is 11.4. The number of carbonyl (C=O) groups excluding carboxylic acids is 1. The van der Waals surface area contributed by atoms with E-state index in [4.69, 9.17) is 5.73 Å². The summed E-state index contributed by atoms with van der Waals surface area (Å²) in [5.74, 6) is 0.721. The van der Waals surface area contributed by atoms with Crippen LogP contribution in [0.15, 0.2) is 29.8 Å². The first kappa shape index (κ1) is 14.0. The highest BCUT2D eigenvalue weighted by Gasteiger charge is 2.14. The zero-order chi connectivity index (χ0) is 13.5. The third-order valence-electron chi connectivity index (χ3n) is 3.95. The Labute approximate surface area is 115 Å². The van der Waals surface area contributed by atoms with Gasteiger partial charge in [-0.2, -0.15) is 0 Å². The van der Waals surface area contributed by atoms with Gasteiger partial charge in [-0.1, -0.05) is 35.9 Å². The number of benzene rings is 1. The van der Waals surface area contributed by atoms with Gasteiger partial charge in [0, 0.05) is 6.42 Å². The topological polar surface area (TPSA) is 43.1 Å². The molecule has 1 radical (unpaired) electrons. The summed E-state index contributed by atoms with van der Waals surface area (Å²) in [6.07, 6.45) is 10.4. The molecule has 0 amide bonds. The van der Waals surface area contributed by atoms with Crippen molar-refractivity contribution in [2.75, 3.05) is 6.54 Å². The van der Waals surface area contributed by atoms with Crippen LogP contribution in [0.25, 0.3) is 6.08 Å². The first-order valence-electron chi connectivity index (χ1n) is 7.15. The lowest BCUT2D eigenvalue weighted by atomic mass is 9.85. The molecule has 1 aliphatic rings. The van der Waals surface area contributed by atoms with E-state index in [2.05, 4.69) is 30.3 Å². The van der Waals surface area contributed by atoms with Crippen LogP contribution in [-0.2, 0) is 11.2 Å². The molecule has 0 bridgehead atoms. The predicted octanol–water partition coefficient (Wildman–Crippen LogP) is 3.26. The summed E-state index contributed by atoms with van der Waals surface area (Å²) in [5.41, 5.74) is 9.72. The van der Waals surface area contributed by atoms with Crippen molar-refractivity contribution in [3.63, 3.8) is 0 Å². The van der Waals surface area contributed by atoms with Crippen molar-refractivity contribution in [2.45, 2.75) is 38.5 Å². The number of hydrogen-bond donors (Lipinski definition) is 1. The lowest BCUT2D eigenvalue weighted by molar-refractivity contribution is 0.420. The fourth-order valence-electron chi connectivity index (χ4n) is 2.64. The van der Waals surface area contributed by atoms with Crippen molar-refractivity contribution < 1.29 is 4.79 Å². The van der Waals surface area contributed by atoms with Gasteiger partial charge in [0.2, 0.25) is 0 Å². The van der Waals surface area contributed by atoms with Crippen LogP contribution in [0.2, 0.25) is 0 Å². The second-order valence-corrected chi connectivity index (χ2v) is 5.37. The molecule has 0 heterocycles. The summed E-state index contributed by atoms with van der Waals surface area (Å²) in [6, 6.07) is 8.49. The Bertz CT molecular complexity index is 423. The van der Waals surface area contributed by atoms with Crippen LogP contribution in [0, 0.1) is 5.92 Å². The molecule has 1 aliphatic carbocycles. The molecule has 0 atom stereocenters. The van der Waals surface area contributed by atoms with Gasteiger partial charge < -0.3 is 5.73 Å². The number of nitrogens with two attached hydrogens (primary N) is 1. The van der Waals surface area contributed by atoms with E-state index in [0.29, 0.717) is 6.42 Å². The Morgan fingerprint density at radius 3 is 2.47 bits per heavy atom. The monoisotopic (exact) mass is 256 g/mol. The maximum absolute atomic E-state index is 10.2. The fourth-order valence-corrected chi connectivity index (χ4v) is 2.64. The smallest absolute Gasteiger partial charge is 0.198 e. The predicted molar refractivity (Wildman–Crippen MR) is 79.4 cm³/mol. The van der Waals surface area contributed by atoms with E-state index in [9.17, 15) is 4.79 Å². The second kappa shape index (κ2) is 7.25. The minimum Gasteiger partial charge on any atom is -0.330 e. The lowest BCUT2D eigenvalue weighted by Gasteiger charge is -2.22. The molecule has 2 N–H and O–H groups in total. The average Bonchev–Trinajstić information content (AvgIpc) is 2.47. The summed E-state index contributed by atoms with van der Waals surface area (Å²) in [5, 5.41) is 0. The summed E-state index contributed by atoms with van der Waals surface area (Å²) < 4.78 is 0. The summed E-state index contributed by atoms with van der Waals surface area (Å²) >= 11 is 0. The van der Waals surface area contributed by atoms with Gasteiger partial charge in [0.05, 0.1) is 0 Å². The van der Waals surface area contributed by atoms with Gasteiger partial charge in [0.1, 0.15) is 0 Å². The molecule has 1 aromatic carbocycles. The van der Waals surface area contributed by atoms with Crippen LogP contribution >= 0.6 is 0 Å². The third-order valence-corrected chi connectivity index (χ3v) is 3.95. The fraction of sp³-hybridized carbons (Fsp3) is 0.471. The molecule has 0 spiro atoms. The number of allylic oxidation sites excluding steroid dienone is 1. The van der Waals surface area contributed by atoms with Crippen LogP contribution in [0.1, 0.15) is 43.2 Å². The van der Waals surface area contributed by atoms with Gasteiger partial charge in [-0.3, -0.25) is 4.79 Å². The van der Waals surface area contributed by atoms with Gasteiger partial charge >= 0.3 is 0 Å². The molecule has 2 heteroatoms. The molecule has 101 valence electrons. The Morgan fingerprint density at radius 2 is 1.89 bits per heavy atom. The molecule has 2 rings (SSSR count). The highest BCUT2D eigenvalue weighted by Crippen LogP contribution is 2.28. The molecule has 1 saturated carbocycles. The molecule has 0 aromatic heterocycles. The first-order valence-corrected chi connectivity index (χ1v) is 7.15. The van der Waals surface area contributed by atoms with Crippen molar-refractivity contribution in [3.05, 3.63) is 41.0 Å². The van der Waals surface area contributed by atoms with E-state index in [0.717, 1.165) is 18.9 Å². The van der Waals surface area contributed by atoms with Crippen molar-refractivity contribution in [2.24, 2.45) is 11.7 Å². The number of hydrogen-bond acceptors (Lipinski definition) is 2. The van der Waals surface area contributed by atoms with Crippen molar-refractivity contribution in [3.8, 4) is 0 Å². The van der Waals surface area contributed by atoms with E-state index >= 15 is 0 Å². The third kappa shape index (κ3) is 4.32. The van der Waals surface area contributed by atoms with Gasteiger partial charge in [0.25, 0.3) is 0 Å². The molecule has 0 unspecified atom stereocenters. The standard InChI is InChI=1S/C17H22NO/c18-13-17-9-7-16(8-10-17)12-15-5-3-14(4-6-15)2-1-11-19/h3-6,12,17H,1-2,7-10,13,18H2. The zero-order valence-electron chi connectivity index (χ0n) is 11.4. The highest BCUT2D eigenvalue weighted by atomic mass is 16.1. The van der Waals surface area contributed by atoms with Crippen molar-refractivity contribution in [1.29, 1.82) is 0 Å². The summed E-state index contributed by atoms with van der Waals surface area (Å²) in [6.45, 7) is 0.829. The van der Waals surface area contributed by atoms with Gasteiger partial charge in [-0.25, -0.2) is 0 Å². The SMILES string of the molecule is NCC1CCC(=Cc2ccc(CC[C]=O)cc2)CC1. The maximum atomic E-state index is 10.2. The first-order chi connectivity index (χ1) is 9.31. The lowest BCUT2D eigenvalue weighted by Crippen LogP contribution is -2.17. The Balaban J connectivity index is 1.93. The van der Waals surface area contributed by atoms with Gasteiger partial charge in [-0.05, 0) is 55.7 Å². The molecule has 1 fully saturated rings. The molecular formula is C17H22NO. The van der Waals surface area contributed by atoms with Crippen LogP contribution in [0.4, 0.5) is 0 Å². The van der Waals surface area contributed by atoms with Crippen molar-refractivity contribution >= 4 is 12.4 Å². The Morgan fingerprint density at radius 1 is 1.21 bits per heavy atom. The average molecular weight is 256 g/mol. The van der Waals surface area contributed by atoms with Crippen LogP contribution in [0.3, 0.4) is 0 Å². The molecule has 19 heavy (non-hydrogen) atoms. The summed E-state index contributed by atoms with van der Waals surface area (Å²) in [4.78, 5) is 10.2. The number of aryl methyl sites for hydroxylation is 1. The van der Waals surface area contributed by atoms with E-state index < -0.39 is 0 Å². The number of rotatable bonds is 5. The van der Waals surface area contributed by atoms with Crippen LogP contribution < -0.4 is 5.73 Å².